The van der Waals surface area contributed by atoms with Crippen LogP contribution in [0.15, 0.2) is 55.1 Å². The number of rotatable bonds is 4. The Morgan fingerprint density at radius 1 is 0.853 bits per heavy atom. The van der Waals surface area contributed by atoms with Crippen LogP contribution < -0.4 is 11.1 Å². The van der Waals surface area contributed by atoms with Gasteiger partial charge in [-0.1, -0.05) is 12.1 Å². The fourth-order valence-corrected chi connectivity index (χ4v) is 3.13. The first-order chi connectivity index (χ1) is 15.9. The minimum atomic E-state index is -4.80. The van der Waals surface area contributed by atoms with Crippen LogP contribution in [-0.2, 0) is 12.4 Å². The zero-order valence-electron chi connectivity index (χ0n) is 16.7. The van der Waals surface area contributed by atoms with Crippen molar-refractivity contribution in [2.24, 2.45) is 5.73 Å². The largest absolute Gasteiger partial charge is 0.434 e. The number of halogens is 6. The predicted molar refractivity (Wildman–Crippen MR) is 109 cm³/mol. The summed E-state index contributed by atoms with van der Waals surface area (Å²) in [5.74, 6) is -1.03. The molecular weight excluding hydrogens is 466 g/mol. The van der Waals surface area contributed by atoms with Crippen molar-refractivity contribution in [1.82, 2.24) is 19.9 Å². The molecule has 7 nitrogen and oxygen atoms in total. The SMILES string of the molecule is NC(=O)c1cnc(-c2ccc3c(Nc4cnc(C(F)(F)F)cn4)ccnc3c2)c(C(F)(F)F)c1. The molecule has 13 heteroatoms. The Hall–Kier alpha value is -4.29. The molecule has 0 aliphatic heterocycles. The minimum Gasteiger partial charge on any atom is -0.366 e. The molecule has 34 heavy (non-hydrogen) atoms. The quantitative estimate of drug-likeness (QED) is 0.402. The number of pyridine rings is 2. The van der Waals surface area contributed by atoms with Crippen molar-refractivity contribution in [2.75, 3.05) is 5.32 Å². The van der Waals surface area contributed by atoms with Gasteiger partial charge in [-0.05, 0) is 18.2 Å². The molecular formula is C21H12F6N6O. The number of amides is 1. The van der Waals surface area contributed by atoms with Crippen LogP contribution in [0.1, 0.15) is 21.6 Å². The highest BCUT2D eigenvalue weighted by Gasteiger charge is 2.35. The van der Waals surface area contributed by atoms with Gasteiger partial charge < -0.3 is 11.1 Å². The third kappa shape index (κ3) is 4.58. The molecule has 0 unspecified atom stereocenters. The van der Waals surface area contributed by atoms with Gasteiger partial charge in [-0.25, -0.2) is 9.97 Å². The number of fused-ring (bicyclic) bond motifs is 1. The number of primary amides is 1. The Kier molecular flexibility index (Phi) is 5.55. The molecule has 0 fully saturated rings. The number of benzene rings is 1. The molecule has 3 aromatic heterocycles. The maximum Gasteiger partial charge on any atom is 0.434 e. The first-order valence-corrected chi connectivity index (χ1v) is 9.36. The summed E-state index contributed by atoms with van der Waals surface area (Å²) in [4.78, 5) is 26.2. The smallest absolute Gasteiger partial charge is 0.366 e. The van der Waals surface area contributed by atoms with Gasteiger partial charge in [0.1, 0.15) is 5.82 Å². The number of carbonyl (C=O) groups is 1. The van der Waals surface area contributed by atoms with Gasteiger partial charge in [0.2, 0.25) is 5.91 Å². The summed E-state index contributed by atoms with van der Waals surface area (Å²) in [6.07, 6.45) is -5.65. The molecule has 4 rings (SSSR count). The molecule has 0 spiro atoms. The Morgan fingerprint density at radius 2 is 1.62 bits per heavy atom. The van der Waals surface area contributed by atoms with Gasteiger partial charge >= 0.3 is 12.4 Å². The van der Waals surface area contributed by atoms with Gasteiger partial charge in [0.15, 0.2) is 5.69 Å². The monoisotopic (exact) mass is 478 g/mol. The third-order valence-corrected chi connectivity index (χ3v) is 4.70. The number of hydrogen-bond acceptors (Lipinski definition) is 6. The molecule has 0 atom stereocenters. The lowest BCUT2D eigenvalue weighted by Gasteiger charge is -2.14. The molecule has 3 heterocycles. The lowest BCUT2D eigenvalue weighted by Crippen LogP contribution is -2.15. The van der Waals surface area contributed by atoms with E-state index < -0.39 is 35.2 Å². The summed E-state index contributed by atoms with van der Waals surface area (Å²) in [5, 5.41) is 3.27. The van der Waals surface area contributed by atoms with Crippen molar-refractivity contribution in [3.05, 3.63) is 71.9 Å². The number of aromatic nitrogens is 4. The molecule has 0 aliphatic carbocycles. The highest BCUT2D eigenvalue weighted by Crippen LogP contribution is 2.38. The predicted octanol–water partition coefficient (Wildman–Crippen LogP) is 4.97. The van der Waals surface area contributed by atoms with E-state index in [0.29, 0.717) is 23.3 Å². The van der Waals surface area contributed by atoms with Crippen LogP contribution in [0.4, 0.5) is 37.8 Å². The highest BCUT2D eigenvalue weighted by atomic mass is 19.4. The summed E-state index contributed by atoms with van der Waals surface area (Å²) < 4.78 is 78.8. The number of alkyl halides is 6. The molecule has 1 amide bonds. The molecule has 0 saturated heterocycles. The van der Waals surface area contributed by atoms with Crippen molar-refractivity contribution in [2.45, 2.75) is 12.4 Å². The topological polar surface area (TPSA) is 107 Å². The average Bonchev–Trinajstić information content (AvgIpc) is 2.77. The number of nitrogens with zero attached hydrogens (tertiary/aromatic N) is 4. The van der Waals surface area contributed by atoms with Gasteiger partial charge in [0.25, 0.3) is 0 Å². The van der Waals surface area contributed by atoms with Crippen LogP contribution in [0, 0.1) is 0 Å². The number of anilines is 2. The fraction of sp³-hybridized carbons (Fsp3) is 0.0952. The van der Waals surface area contributed by atoms with E-state index in [1.165, 1.54) is 30.5 Å². The minimum absolute atomic E-state index is 0.0210. The summed E-state index contributed by atoms with van der Waals surface area (Å²) in [6, 6.07) is 6.35. The van der Waals surface area contributed by atoms with E-state index in [0.717, 1.165) is 12.4 Å². The van der Waals surface area contributed by atoms with Gasteiger partial charge in [-0.2, -0.15) is 26.3 Å². The van der Waals surface area contributed by atoms with E-state index in [1.54, 1.807) is 0 Å². The van der Waals surface area contributed by atoms with Crippen molar-refractivity contribution < 1.29 is 31.1 Å². The molecule has 0 aliphatic rings. The van der Waals surface area contributed by atoms with Crippen molar-refractivity contribution in [3.8, 4) is 11.3 Å². The van der Waals surface area contributed by atoms with Gasteiger partial charge in [0.05, 0.1) is 40.4 Å². The van der Waals surface area contributed by atoms with E-state index in [1.807, 2.05) is 0 Å². The average molecular weight is 478 g/mol. The Bertz CT molecular complexity index is 1390. The maximum absolute atomic E-state index is 13.6. The van der Waals surface area contributed by atoms with Crippen LogP contribution in [-0.4, -0.2) is 25.8 Å². The Labute approximate surface area is 186 Å². The van der Waals surface area contributed by atoms with Crippen molar-refractivity contribution >= 4 is 28.3 Å². The van der Waals surface area contributed by atoms with Crippen LogP contribution in [0.25, 0.3) is 22.2 Å². The second-order valence-corrected chi connectivity index (χ2v) is 6.98. The zero-order valence-corrected chi connectivity index (χ0v) is 16.7. The molecule has 174 valence electrons. The highest BCUT2D eigenvalue weighted by molar-refractivity contribution is 5.96. The van der Waals surface area contributed by atoms with Crippen LogP contribution >= 0.6 is 0 Å². The van der Waals surface area contributed by atoms with Crippen molar-refractivity contribution in [1.29, 1.82) is 0 Å². The van der Waals surface area contributed by atoms with Crippen LogP contribution in [0.3, 0.4) is 0 Å². The van der Waals surface area contributed by atoms with E-state index in [-0.39, 0.29) is 22.5 Å². The van der Waals surface area contributed by atoms with Crippen LogP contribution in [0.2, 0.25) is 0 Å². The Balaban J connectivity index is 1.73. The third-order valence-electron chi connectivity index (χ3n) is 4.70. The first kappa shape index (κ1) is 22.9. The molecule has 0 radical (unpaired) electrons. The number of nitrogens with two attached hydrogens (primary N) is 1. The summed E-state index contributed by atoms with van der Waals surface area (Å²) in [7, 11) is 0. The molecule has 1 aromatic carbocycles. The first-order valence-electron chi connectivity index (χ1n) is 9.36. The molecule has 4 aromatic rings. The fourth-order valence-electron chi connectivity index (χ4n) is 3.13. The second kappa shape index (κ2) is 8.24. The molecule has 0 saturated carbocycles. The maximum atomic E-state index is 13.6. The number of nitrogens with one attached hydrogen (secondary N) is 1. The van der Waals surface area contributed by atoms with Gasteiger partial charge in [-0.15, -0.1) is 0 Å². The normalized spacial score (nSPS) is 12.1. The van der Waals surface area contributed by atoms with E-state index in [9.17, 15) is 31.1 Å². The number of hydrogen-bond donors (Lipinski definition) is 2. The van der Waals surface area contributed by atoms with Crippen molar-refractivity contribution in [3.63, 3.8) is 0 Å². The zero-order chi connectivity index (χ0) is 24.7. The van der Waals surface area contributed by atoms with E-state index in [2.05, 4.69) is 25.3 Å². The lowest BCUT2D eigenvalue weighted by molar-refractivity contribution is -0.141. The lowest BCUT2D eigenvalue weighted by atomic mass is 10.0. The summed E-state index contributed by atoms with van der Waals surface area (Å²) in [6.45, 7) is 0. The van der Waals surface area contributed by atoms with Gasteiger partial charge in [-0.3, -0.25) is 14.8 Å². The van der Waals surface area contributed by atoms with E-state index >= 15 is 0 Å². The number of carbonyl (C=O) groups excluding carboxylic acids is 1. The molecule has 0 bridgehead atoms. The van der Waals surface area contributed by atoms with Gasteiger partial charge in [0, 0.05) is 23.3 Å². The molecule has 3 N–H and O–H groups in total. The second-order valence-electron chi connectivity index (χ2n) is 6.98. The standard InChI is InChI=1S/C21H12F6N6O/c22-20(23,24)13-5-11(19(28)34)7-32-18(13)10-1-2-12-14(3-4-29-15(12)6-10)33-17-9-30-16(8-31-17)21(25,26)27/h1-9H,(H2,28,34)(H,29,31,33). The van der Waals surface area contributed by atoms with E-state index in [4.69, 9.17) is 5.73 Å². The summed E-state index contributed by atoms with van der Waals surface area (Å²) >= 11 is 0. The summed E-state index contributed by atoms with van der Waals surface area (Å²) in [5.41, 5.74) is 2.70. The Morgan fingerprint density at radius 3 is 2.24 bits per heavy atom. The van der Waals surface area contributed by atoms with Crippen LogP contribution in [0.5, 0.6) is 0 Å².